The van der Waals surface area contributed by atoms with Gasteiger partial charge in [0.15, 0.2) is 0 Å². The minimum absolute atomic E-state index is 0.0452. The van der Waals surface area contributed by atoms with Crippen LogP contribution >= 0.6 is 0 Å². The van der Waals surface area contributed by atoms with Gasteiger partial charge in [-0.15, -0.1) is 0 Å². The van der Waals surface area contributed by atoms with Gasteiger partial charge in [0.2, 0.25) is 0 Å². The van der Waals surface area contributed by atoms with Crippen molar-refractivity contribution in [3.05, 3.63) is 17.5 Å². The van der Waals surface area contributed by atoms with E-state index < -0.39 is 5.97 Å². The first kappa shape index (κ1) is 13.2. The average Bonchev–Trinajstić information content (AvgIpc) is 2.63. The third-order valence-corrected chi connectivity index (χ3v) is 2.51. The number of amides is 1. The highest BCUT2D eigenvalue weighted by Crippen LogP contribution is 2.11. The van der Waals surface area contributed by atoms with Crippen molar-refractivity contribution in [1.29, 1.82) is 0 Å². The molecule has 0 atom stereocenters. The van der Waals surface area contributed by atoms with E-state index in [1.165, 1.54) is 11.1 Å². The van der Waals surface area contributed by atoms with Crippen LogP contribution in [0.4, 0.5) is 0 Å². The third kappa shape index (κ3) is 3.30. The monoisotopic (exact) mass is 239 g/mol. The minimum Gasteiger partial charge on any atom is -0.481 e. The summed E-state index contributed by atoms with van der Waals surface area (Å²) in [5.41, 5.74) is 1.18. The summed E-state index contributed by atoms with van der Waals surface area (Å²) in [6.45, 7) is 5.68. The molecule has 0 radical (unpaired) electrons. The first-order valence-electron chi connectivity index (χ1n) is 5.46. The summed E-state index contributed by atoms with van der Waals surface area (Å²) in [6, 6.07) is -0.0452. The first-order chi connectivity index (χ1) is 7.93. The molecule has 0 aliphatic carbocycles. The van der Waals surface area contributed by atoms with E-state index in [0.29, 0.717) is 11.3 Å². The first-order valence-corrected chi connectivity index (χ1v) is 5.46. The van der Waals surface area contributed by atoms with Crippen molar-refractivity contribution in [3.63, 3.8) is 0 Å². The molecule has 0 unspecified atom stereocenters. The highest BCUT2D eigenvalue weighted by molar-refractivity contribution is 5.95. The number of aliphatic carboxylic acids is 1. The Labute approximate surface area is 99.6 Å². The van der Waals surface area contributed by atoms with Gasteiger partial charge in [-0.2, -0.15) is 5.10 Å². The second-order valence-corrected chi connectivity index (χ2v) is 4.14. The van der Waals surface area contributed by atoms with Crippen LogP contribution in [-0.2, 0) is 4.79 Å². The van der Waals surface area contributed by atoms with Crippen molar-refractivity contribution in [3.8, 4) is 0 Å². The lowest BCUT2D eigenvalue weighted by Crippen LogP contribution is -2.38. The zero-order valence-corrected chi connectivity index (χ0v) is 10.2. The van der Waals surface area contributed by atoms with Crippen LogP contribution in [0.3, 0.4) is 0 Å². The Morgan fingerprint density at radius 1 is 1.53 bits per heavy atom. The molecule has 1 aromatic rings. The van der Waals surface area contributed by atoms with Gasteiger partial charge in [0.25, 0.3) is 5.91 Å². The van der Waals surface area contributed by atoms with Crippen LogP contribution in [0, 0.1) is 6.92 Å². The molecule has 17 heavy (non-hydrogen) atoms. The Bertz CT molecular complexity index is 412. The molecule has 0 saturated carbocycles. The largest absolute Gasteiger partial charge is 0.481 e. The van der Waals surface area contributed by atoms with E-state index in [0.717, 1.165) is 0 Å². The minimum atomic E-state index is -0.910. The number of nitrogens with one attached hydrogen (secondary N) is 1. The van der Waals surface area contributed by atoms with Crippen molar-refractivity contribution < 1.29 is 14.7 Å². The zero-order chi connectivity index (χ0) is 13.0. The summed E-state index contributed by atoms with van der Waals surface area (Å²) in [5, 5.41) is 15.1. The molecule has 0 saturated heterocycles. The average molecular weight is 239 g/mol. The quantitative estimate of drug-likeness (QED) is 0.803. The number of H-pyrrole nitrogens is 1. The molecule has 6 nitrogen and oxygen atoms in total. The molecule has 0 aliphatic rings. The standard InChI is InChI=1S/C11H17N3O3/c1-7(2)14(5-4-10(15)16)11(17)9-6-12-13-8(9)3/h6-7H,4-5H2,1-3H3,(H,12,13)(H,15,16). The fraction of sp³-hybridized carbons (Fsp3) is 0.545. The fourth-order valence-corrected chi connectivity index (χ4v) is 1.53. The number of aryl methyl sites for hydroxylation is 1. The molecule has 1 heterocycles. The lowest BCUT2D eigenvalue weighted by atomic mass is 10.2. The smallest absolute Gasteiger partial charge is 0.305 e. The van der Waals surface area contributed by atoms with Gasteiger partial charge in [-0.1, -0.05) is 0 Å². The molecule has 0 fully saturated rings. The van der Waals surface area contributed by atoms with Crippen LogP contribution in [0.15, 0.2) is 6.20 Å². The number of aromatic nitrogens is 2. The van der Waals surface area contributed by atoms with Gasteiger partial charge < -0.3 is 10.0 Å². The van der Waals surface area contributed by atoms with Gasteiger partial charge in [-0.3, -0.25) is 14.7 Å². The van der Waals surface area contributed by atoms with Crippen molar-refractivity contribution in [2.45, 2.75) is 33.2 Å². The van der Waals surface area contributed by atoms with Gasteiger partial charge in [0, 0.05) is 18.3 Å². The Morgan fingerprint density at radius 3 is 2.59 bits per heavy atom. The van der Waals surface area contributed by atoms with Crippen molar-refractivity contribution in [2.24, 2.45) is 0 Å². The van der Waals surface area contributed by atoms with Crippen LogP contribution in [0.1, 0.15) is 36.3 Å². The van der Waals surface area contributed by atoms with Gasteiger partial charge in [0.1, 0.15) is 0 Å². The SMILES string of the molecule is Cc1[nH]ncc1C(=O)N(CCC(=O)O)C(C)C. The number of rotatable bonds is 5. The summed E-state index contributed by atoms with van der Waals surface area (Å²) < 4.78 is 0. The molecule has 0 aromatic carbocycles. The lowest BCUT2D eigenvalue weighted by Gasteiger charge is -2.25. The highest BCUT2D eigenvalue weighted by atomic mass is 16.4. The fourth-order valence-electron chi connectivity index (χ4n) is 1.53. The molecule has 94 valence electrons. The molecule has 0 spiro atoms. The number of carbonyl (C=O) groups excluding carboxylic acids is 1. The molecule has 1 aromatic heterocycles. The maximum absolute atomic E-state index is 12.2. The van der Waals surface area contributed by atoms with Crippen LogP contribution < -0.4 is 0 Å². The number of nitrogens with zero attached hydrogens (tertiary/aromatic N) is 2. The van der Waals surface area contributed by atoms with E-state index in [9.17, 15) is 9.59 Å². The maximum atomic E-state index is 12.2. The summed E-state index contributed by atoms with van der Waals surface area (Å²) in [5.74, 6) is -1.10. The number of carbonyl (C=O) groups is 2. The van der Waals surface area contributed by atoms with Gasteiger partial charge in [-0.25, -0.2) is 0 Å². The molecule has 0 bridgehead atoms. The van der Waals surface area contributed by atoms with Gasteiger partial charge in [-0.05, 0) is 20.8 Å². The van der Waals surface area contributed by atoms with E-state index in [2.05, 4.69) is 10.2 Å². The summed E-state index contributed by atoms with van der Waals surface area (Å²) in [7, 11) is 0. The normalized spacial score (nSPS) is 10.6. The Kier molecular flexibility index (Phi) is 4.25. The Hall–Kier alpha value is -1.85. The van der Waals surface area contributed by atoms with Crippen molar-refractivity contribution >= 4 is 11.9 Å². The van der Waals surface area contributed by atoms with E-state index >= 15 is 0 Å². The van der Waals surface area contributed by atoms with Crippen LogP contribution in [0.5, 0.6) is 0 Å². The second-order valence-electron chi connectivity index (χ2n) is 4.14. The molecule has 1 amide bonds. The van der Waals surface area contributed by atoms with E-state index in [1.807, 2.05) is 13.8 Å². The van der Waals surface area contributed by atoms with Crippen molar-refractivity contribution in [1.82, 2.24) is 15.1 Å². The lowest BCUT2D eigenvalue weighted by molar-refractivity contribution is -0.137. The Balaban J connectivity index is 2.81. The number of carboxylic acids is 1. The highest BCUT2D eigenvalue weighted by Gasteiger charge is 2.21. The van der Waals surface area contributed by atoms with E-state index in [-0.39, 0.29) is 24.9 Å². The van der Waals surface area contributed by atoms with E-state index in [1.54, 1.807) is 6.92 Å². The van der Waals surface area contributed by atoms with Crippen LogP contribution in [-0.4, -0.2) is 44.7 Å². The van der Waals surface area contributed by atoms with Crippen LogP contribution in [0.25, 0.3) is 0 Å². The maximum Gasteiger partial charge on any atom is 0.305 e. The molecule has 1 rings (SSSR count). The van der Waals surface area contributed by atoms with Gasteiger partial charge in [0.05, 0.1) is 18.2 Å². The van der Waals surface area contributed by atoms with Crippen molar-refractivity contribution in [2.75, 3.05) is 6.54 Å². The second kappa shape index (κ2) is 5.47. The summed E-state index contributed by atoms with van der Waals surface area (Å²) in [4.78, 5) is 24.2. The third-order valence-electron chi connectivity index (χ3n) is 2.51. The number of carboxylic acid groups (broad SMARTS) is 1. The molecule has 0 aliphatic heterocycles. The number of hydrogen-bond donors (Lipinski definition) is 2. The molecule has 2 N–H and O–H groups in total. The predicted octanol–water partition coefficient (Wildman–Crippen LogP) is 1.04. The predicted molar refractivity (Wildman–Crippen MR) is 61.8 cm³/mol. The van der Waals surface area contributed by atoms with Crippen LogP contribution in [0.2, 0.25) is 0 Å². The topological polar surface area (TPSA) is 86.3 Å². The molecule has 6 heteroatoms. The number of aromatic amines is 1. The summed E-state index contributed by atoms with van der Waals surface area (Å²) >= 11 is 0. The Morgan fingerprint density at radius 2 is 2.18 bits per heavy atom. The van der Waals surface area contributed by atoms with Gasteiger partial charge >= 0.3 is 5.97 Å². The molecular formula is C11H17N3O3. The number of hydrogen-bond acceptors (Lipinski definition) is 3. The molecular weight excluding hydrogens is 222 g/mol. The summed E-state index contributed by atoms with van der Waals surface area (Å²) in [6.07, 6.45) is 1.41. The van der Waals surface area contributed by atoms with E-state index in [4.69, 9.17) is 5.11 Å². The zero-order valence-electron chi connectivity index (χ0n) is 10.2.